The van der Waals surface area contributed by atoms with Crippen LogP contribution in [-0.2, 0) is 17.1 Å². The lowest BCUT2D eigenvalue weighted by Gasteiger charge is -2.30. The van der Waals surface area contributed by atoms with Crippen LogP contribution in [0, 0.1) is 5.82 Å². The minimum absolute atomic E-state index is 0.0474. The van der Waals surface area contributed by atoms with Gasteiger partial charge in [-0.3, -0.25) is 4.90 Å². The first-order chi connectivity index (χ1) is 14.8. The Balaban J connectivity index is 1.76. The SMILES string of the molecule is Cn1cnc(S(=O)(=O)N2C[C@H](c3ccc(F)cc3)[C@@H](N(C(=O)O)c3ccccc3)C2)c1. The summed E-state index contributed by atoms with van der Waals surface area (Å²) in [5.74, 6) is -0.912. The molecule has 1 fully saturated rings. The number of carboxylic acid groups (broad SMARTS) is 1. The first-order valence-corrected chi connectivity index (χ1v) is 11.0. The highest BCUT2D eigenvalue weighted by atomic mass is 32.2. The summed E-state index contributed by atoms with van der Waals surface area (Å²) in [4.78, 5) is 17.4. The fourth-order valence-electron chi connectivity index (χ4n) is 3.93. The number of benzene rings is 2. The van der Waals surface area contributed by atoms with E-state index in [1.807, 2.05) is 0 Å². The number of aromatic nitrogens is 2. The molecule has 1 saturated heterocycles. The van der Waals surface area contributed by atoms with Crippen molar-refractivity contribution in [2.24, 2.45) is 7.05 Å². The monoisotopic (exact) mass is 444 g/mol. The lowest BCUT2D eigenvalue weighted by molar-refractivity contribution is 0.198. The highest BCUT2D eigenvalue weighted by molar-refractivity contribution is 7.89. The number of rotatable bonds is 5. The predicted octanol–water partition coefficient (Wildman–Crippen LogP) is 2.90. The number of carbonyl (C=O) groups is 1. The van der Waals surface area contributed by atoms with Gasteiger partial charge in [0.1, 0.15) is 5.82 Å². The molecular weight excluding hydrogens is 423 g/mol. The molecule has 162 valence electrons. The number of sulfonamides is 1. The van der Waals surface area contributed by atoms with E-state index in [1.165, 1.54) is 38.4 Å². The average molecular weight is 444 g/mol. The molecule has 0 spiro atoms. The van der Waals surface area contributed by atoms with Crippen molar-refractivity contribution in [3.05, 3.63) is 78.5 Å². The van der Waals surface area contributed by atoms with Gasteiger partial charge in [-0.1, -0.05) is 30.3 Å². The smallest absolute Gasteiger partial charge is 0.412 e. The Labute approximate surface area is 179 Å². The van der Waals surface area contributed by atoms with E-state index in [4.69, 9.17) is 0 Å². The number of anilines is 1. The lowest BCUT2D eigenvalue weighted by atomic mass is 9.93. The van der Waals surface area contributed by atoms with Gasteiger partial charge in [0, 0.05) is 37.9 Å². The van der Waals surface area contributed by atoms with Crippen LogP contribution in [0.3, 0.4) is 0 Å². The largest absolute Gasteiger partial charge is 0.465 e. The molecule has 2 heterocycles. The van der Waals surface area contributed by atoms with Crippen molar-refractivity contribution in [3.63, 3.8) is 0 Å². The Morgan fingerprint density at radius 3 is 2.39 bits per heavy atom. The Bertz CT molecular complexity index is 1180. The van der Waals surface area contributed by atoms with Crippen molar-refractivity contribution >= 4 is 21.8 Å². The Morgan fingerprint density at radius 1 is 1.13 bits per heavy atom. The maximum atomic E-state index is 13.5. The van der Waals surface area contributed by atoms with Gasteiger partial charge in [0.05, 0.1) is 12.4 Å². The number of amides is 1. The van der Waals surface area contributed by atoms with Gasteiger partial charge in [0.25, 0.3) is 10.0 Å². The molecule has 1 aliphatic heterocycles. The van der Waals surface area contributed by atoms with Gasteiger partial charge >= 0.3 is 6.09 Å². The second kappa shape index (κ2) is 8.12. The second-order valence-electron chi connectivity index (χ2n) is 7.41. The molecule has 4 rings (SSSR count). The summed E-state index contributed by atoms with van der Waals surface area (Å²) in [6.45, 7) is -0.00599. The van der Waals surface area contributed by atoms with E-state index in [9.17, 15) is 22.7 Å². The Morgan fingerprint density at radius 2 is 1.81 bits per heavy atom. The number of imidazole rings is 1. The highest BCUT2D eigenvalue weighted by Gasteiger charge is 2.45. The van der Waals surface area contributed by atoms with Gasteiger partial charge in [0.2, 0.25) is 0 Å². The molecular formula is C21H21FN4O4S. The molecule has 31 heavy (non-hydrogen) atoms. The molecule has 0 saturated carbocycles. The fourth-order valence-corrected chi connectivity index (χ4v) is 5.38. The molecule has 8 nitrogen and oxygen atoms in total. The van der Waals surface area contributed by atoms with Crippen molar-refractivity contribution in [3.8, 4) is 0 Å². The third-order valence-electron chi connectivity index (χ3n) is 5.41. The third-order valence-corrected chi connectivity index (χ3v) is 7.13. The predicted molar refractivity (Wildman–Crippen MR) is 112 cm³/mol. The highest BCUT2D eigenvalue weighted by Crippen LogP contribution is 2.36. The van der Waals surface area contributed by atoms with E-state index in [2.05, 4.69) is 4.98 Å². The minimum atomic E-state index is -3.93. The molecule has 2 aromatic carbocycles. The lowest BCUT2D eigenvalue weighted by Crippen LogP contribution is -2.44. The van der Waals surface area contributed by atoms with Crippen molar-refractivity contribution in [2.75, 3.05) is 18.0 Å². The normalized spacial score (nSPS) is 19.4. The van der Waals surface area contributed by atoms with Crippen molar-refractivity contribution in [1.82, 2.24) is 13.9 Å². The van der Waals surface area contributed by atoms with Gasteiger partial charge in [-0.2, -0.15) is 4.31 Å². The van der Waals surface area contributed by atoms with Crippen LogP contribution in [0.5, 0.6) is 0 Å². The van der Waals surface area contributed by atoms with E-state index in [0.717, 1.165) is 0 Å². The molecule has 0 bridgehead atoms. The maximum Gasteiger partial charge on any atom is 0.412 e. The van der Waals surface area contributed by atoms with Crippen LogP contribution in [0.1, 0.15) is 11.5 Å². The molecule has 0 aliphatic carbocycles. The van der Waals surface area contributed by atoms with Crippen molar-refractivity contribution in [2.45, 2.75) is 17.0 Å². The summed E-state index contributed by atoms with van der Waals surface area (Å²) in [7, 11) is -2.27. The van der Waals surface area contributed by atoms with Gasteiger partial charge < -0.3 is 9.67 Å². The second-order valence-corrected chi connectivity index (χ2v) is 9.30. The molecule has 1 N–H and O–H groups in total. The number of aryl methyl sites for hydroxylation is 1. The number of hydrogen-bond donors (Lipinski definition) is 1. The van der Waals surface area contributed by atoms with Gasteiger partial charge in [0.15, 0.2) is 5.03 Å². The minimum Gasteiger partial charge on any atom is -0.465 e. The average Bonchev–Trinajstić information content (AvgIpc) is 3.37. The van der Waals surface area contributed by atoms with Crippen LogP contribution in [0.15, 0.2) is 72.1 Å². The first-order valence-electron chi connectivity index (χ1n) is 9.58. The van der Waals surface area contributed by atoms with Crippen LogP contribution in [-0.4, -0.2) is 52.6 Å². The molecule has 1 aliphatic rings. The molecule has 1 aromatic heterocycles. The Kier molecular flexibility index (Phi) is 5.50. The zero-order valence-electron chi connectivity index (χ0n) is 16.7. The summed E-state index contributed by atoms with van der Waals surface area (Å²) in [5.41, 5.74) is 1.09. The molecule has 2 atom stereocenters. The number of nitrogens with zero attached hydrogens (tertiary/aromatic N) is 4. The topological polar surface area (TPSA) is 95.7 Å². The van der Waals surface area contributed by atoms with E-state index < -0.39 is 33.9 Å². The number of hydrogen-bond acceptors (Lipinski definition) is 4. The zero-order valence-corrected chi connectivity index (χ0v) is 17.5. The molecule has 1 amide bonds. The first kappa shape index (κ1) is 21.0. The van der Waals surface area contributed by atoms with E-state index in [1.54, 1.807) is 49.5 Å². The summed E-state index contributed by atoms with van der Waals surface area (Å²) >= 11 is 0. The van der Waals surface area contributed by atoms with Crippen molar-refractivity contribution < 1.29 is 22.7 Å². The third kappa shape index (κ3) is 4.04. The van der Waals surface area contributed by atoms with E-state index in [0.29, 0.717) is 11.3 Å². The van der Waals surface area contributed by atoms with Gasteiger partial charge in [-0.05, 0) is 29.8 Å². The molecule has 3 aromatic rings. The van der Waals surface area contributed by atoms with E-state index >= 15 is 0 Å². The summed E-state index contributed by atoms with van der Waals surface area (Å²) in [5, 5.41) is 9.89. The Hall–Kier alpha value is -3.24. The standard InChI is InChI=1S/C21H21FN4O4S/c1-24-13-20(23-14-24)31(29,30)25-11-18(15-7-9-16(22)10-8-15)19(12-25)26(21(27)28)17-5-3-2-4-6-17/h2-10,13-14,18-19H,11-12H2,1H3,(H,27,28)/t18-,19+/m1/s1. The molecule has 10 heteroatoms. The van der Waals surface area contributed by atoms with Crippen LogP contribution >= 0.6 is 0 Å². The van der Waals surface area contributed by atoms with Crippen LogP contribution < -0.4 is 4.90 Å². The van der Waals surface area contributed by atoms with E-state index in [-0.39, 0.29) is 18.1 Å². The molecule has 0 radical (unpaired) electrons. The van der Waals surface area contributed by atoms with Gasteiger partial charge in [-0.15, -0.1) is 0 Å². The van der Waals surface area contributed by atoms with Crippen LogP contribution in [0.2, 0.25) is 0 Å². The summed E-state index contributed by atoms with van der Waals surface area (Å²) in [6.07, 6.45) is 1.60. The van der Waals surface area contributed by atoms with Gasteiger partial charge in [-0.25, -0.2) is 22.6 Å². The molecule has 0 unspecified atom stereocenters. The fraction of sp³-hybridized carbons (Fsp3) is 0.238. The zero-order chi connectivity index (χ0) is 22.2. The summed E-state index contributed by atoms with van der Waals surface area (Å²) in [6, 6.07) is 13.5. The van der Waals surface area contributed by atoms with Crippen LogP contribution in [0.25, 0.3) is 0 Å². The quantitative estimate of drug-likeness (QED) is 0.653. The van der Waals surface area contributed by atoms with Crippen LogP contribution in [0.4, 0.5) is 14.9 Å². The summed E-state index contributed by atoms with van der Waals surface area (Å²) < 4.78 is 42.6. The number of halogens is 1. The van der Waals surface area contributed by atoms with Crippen molar-refractivity contribution in [1.29, 1.82) is 0 Å². The number of para-hydroxylation sites is 1. The maximum absolute atomic E-state index is 13.5.